The van der Waals surface area contributed by atoms with Crippen molar-refractivity contribution in [3.63, 3.8) is 0 Å². The van der Waals surface area contributed by atoms with Gasteiger partial charge in [-0.05, 0) is 31.9 Å². The van der Waals surface area contributed by atoms with Gasteiger partial charge in [0.2, 0.25) is 5.91 Å². The van der Waals surface area contributed by atoms with Crippen LogP contribution in [0.4, 0.5) is 5.69 Å². The molecule has 4 heteroatoms. The maximum atomic E-state index is 12.1. The molecule has 3 rings (SSSR count). The van der Waals surface area contributed by atoms with Gasteiger partial charge in [-0.25, -0.2) is 0 Å². The lowest BCUT2D eigenvalue weighted by Crippen LogP contribution is -2.15. The van der Waals surface area contributed by atoms with Crippen LogP contribution in [-0.2, 0) is 4.79 Å². The van der Waals surface area contributed by atoms with E-state index >= 15 is 0 Å². The van der Waals surface area contributed by atoms with Gasteiger partial charge in [-0.3, -0.25) is 4.79 Å². The summed E-state index contributed by atoms with van der Waals surface area (Å²) < 4.78 is 5.54. The molecule has 22 heavy (non-hydrogen) atoms. The molecule has 0 unspecified atom stereocenters. The van der Waals surface area contributed by atoms with Crippen LogP contribution in [0.3, 0.4) is 0 Å². The summed E-state index contributed by atoms with van der Waals surface area (Å²) in [5.41, 5.74) is 2.88. The van der Waals surface area contributed by atoms with Crippen molar-refractivity contribution < 1.29 is 9.32 Å². The van der Waals surface area contributed by atoms with Crippen molar-refractivity contribution in [3.8, 4) is 0 Å². The zero-order valence-corrected chi connectivity index (χ0v) is 13.1. The standard InChI is InChI=1S/C18H22N2O2/c1-12(11-16(21)19-15-9-4-3-5-10-15)17-13(2)18(22-20-17)14-7-6-8-14/h3-5,9-10,12,14H,6-8,11H2,1-2H3,(H,19,21)/t12-/m0/s1. The van der Waals surface area contributed by atoms with Gasteiger partial charge in [-0.15, -0.1) is 0 Å². The van der Waals surface area contributed by atoms with E-state index in [0.29, 0.717) is 12.3 Å². The van der Waals surface area contributed by atoms with E-state index < -0.39 is 0 Å². The van der Waals surface area contributed by atoms with E-state index in [4.69, 9.17) is 4.52 Å². The molecular formula is C18H22N2O2. The largest absolute Gasteiger partial charge is 0.361 e. The summed E-state index contributed by atoms with van der Waals surface area (Å²) in [5, 5.41) is 7.14. The van der Waals surface area contributed by atoms with E-state index in [9.17, 15) is 4.79 Å². The summed E-state index contributed by atoms with van der Waals surface area (Å²) in [6, 6.07) is 9.52. The fraction of sp³-hybridized carbons (Fsp3) is 0.444. The fourth-order valence-electron chi connectivity index (χ4n) is 2.98. The molecule has 1 aliphatic carbocycles. The highest BCUT2D eigenvalue weighted by Crippen LogP contribution is 2.39. The Kier molecular flexibility index (Phi) is 4.27. The van der Waals surface area contributed by atoms with E-state index in [1.54, 1.807) is 0 Å². The van der Waals surface area contributed by atoms with E-state index in [2.05, 4.69) is 17.4 Å². The molecule has 1 fully saturated rings. The molecule has 0 bridgehead atoms. The van der Waals surface area contributed by atoms with Gasteiger partial charge in [0.1, 0.15) is 5.76 Å². The Hall–Kier alpha value is -2.10. The number of anilines is 1. The lowest BCUT2D eigenvalue weighted by atomic mass is 9.81. The number of amides is 1. The van der Waals surface area contributed by atoms with E-state index in [-0.39, 0.29) is 11.8 Å². The third-order valence-electron chi connectivity index (χ3n) is 4.49. The molecule has 4 nitrogen and oxygen atoms in total. The highest BCUT2D eigenvalue weighted by Gasteiger charge is 2.28. The molecule has 0 aliphatic heterocycles. The molecule has 1 atom stereocenters. The van der Waals surface area contributed by atoms with Crippen LogP contribution in [0.15, 0.2) is 34.9 Å². The van der Waals surface area contributed by atoms with Crippen molar-refractivity contribution in [2.24, 2.45) is 0 Å². The second kappa shape index (κ2) is 6.34. The summed E-state index contributed by atoms with van der Waals surface area (Å²) in [6.45, 7) is 4.09. The minimum absolute atomic E-state index is 0.00583. The van der Waals surface area contributed by atoms with E-state index in [1.807, 2.05) is 37.3 Å². The predicted molar refractivity (Wildman–Crippen MR) is 85.9 cm³/mol. The summed E-state index contributed by atoms with van der Waals surface area (Å²) in [6.07, 6.45) is 4.07. The number of hydrogen-bond donors (Lipinski definition) is 1. The minimum Gasteiger partial charge on any atom is -0.361 e. The third-order valence-corrected chi connectivity index (χ3v) is 4.49. The zero-order valence-electron chi connectivity index (χ0n) is 13.1. The number of hydrogen-bond acceptors (Lipinski definition) is 3. The SMILES string of the molecule is Cc1c([C@@H](C)CC(=O)Nc2ccccc2)noc1C1CCC1. The van der Waals surface area contributed by atoms with Crippen molar-refractivity contribution in [3.05, 3.63) is 47.3 Å². The van der Waals surface area contributed by atoms with Crippen molar-refractivity contribution in [1.29, 1.82) is 0 Å². The average Bonchev–Trinajstić information content (AvgIpc) is 2.80. The maximum absolute atomic E-state index is 12.1. The number of benzene rings is 1. The van der Waals surface area contributed by atoms with Gasteiger partial charge in [0, 0.05) is 29.5 Å². The van der Waals surface area contributed by atoms with Crippen LogP contribution >= 0.6 is 0 Å². The van der Waals surface area contributed by atoms with E-state index in [1.165, 1.54) is 19.3 Å². The van der Waals surface area contributed by atoms with Gasteiger partial charge in [-0.2, -0.15) is 0 Å². The van der Waals surface area contributed by atoms with Gasteiger partial charge in [-0.1, -0.05) is 36.7 Å². The van der Waals surface area contributed by atoms with E-state index in [0.717, 1.165) is 22.7 Å². The minimum atomic E-state index is 0.00583. The molecule has 1 amide bonds. The normalized spacial score (nSPS) is 16.1. The molecule has 1 aliphatic rings. The highest BCUT2D eigenvalue weighted by atomic mass is 16.5. The quantitative estimate of drug-likeness (QED) is 0.891. The van der Waals surface area contributed by atoms with Crippen molar-refractivity contribution in [1.82, 2.24) is 5.16 Å². The van der Waals surface area contributed by atoms with Crippen LogP contribution in [0.5, 0.6) is 0 Å². The zero-order chi connectivity index (χ0) is 15.5. The van der Waals surface area contributed by atoms with Crippen LogP contribution in [0.2, 0.25) is 0 Å². The van der Waals surface area contributed by atoms with Gasteiger partial charge >= 0.3 is 0 Å². The first-order valence-corrected chi connectivity index (χ1v) is 7.96. The van der Waals surface area contributed by atoms with Crippen LogP contribution in [0.1, 0.15) is 61.5 Å². The highest BCUT2D eigenvalue weighted by molar-refractivity contribution is 5.91. The van der Waals surface area contributed by atoms with Crippen molar-refractivity contribution in [2.75, 3.05) is 5.32 Å². The van der Waals surface area contributed by atoms with Gasteiger partial charge in [0.25, 0.3) is 0 Å². The molecule has 1 heterocycles. The maximum Gasteiger partial charge on any atom is 0.225 e. The topological polar surface area (TPSA) is 55.1 Å². The van der Waals surface area contributed by atoms with Crippen molar-refractivity contribution in [2.45, 2.75) is 51.4 Å². The Balaban J connectivity index is 1.63. The molecule has 0 radical (unpaired) electrons. The summed E-state index contributed by atoms with van der Waals surface area (Å²) >= 11 is 0. The Bertz CT molecular complexity index is 644. The lowest BCUT2D eigenvalue weighted by Gasteiger charge is -2.23. The summed E-state index contributed by atoms with van der Waals surface area (Å²) in [5.74, 6) is 1.62. The lowest BCUT2D eigenvalue weighted by molar-refractivity contribution is -0.116. The smallest absolute Gasteiger partial charge is 0.225 e. The summed E-state index contributed by atoms with van der Waals surface area (Å²) in [7, 11) is 0. The van der Waals surface area contributed by atoms with Crippen LogP contribution in [-0.4, -0.2) is 11.1 Å². The summed E-state index contributed by atoms with van der Waals surface area (Å²) in [4.78, 5) is 12.1. The van der Waals surface area contributed by atoms with Crippen molar-refractivity contribution >= 4 is 11.6 Å². The van der Waals surface area contributed by atoms with Gasteiger partial charge in [0.05, 0.1) is 5.69 Å². The predicted octanol–water partition coefficient (Wildman–Crippen LogP) is 4.38. The number of para-hydroxylation sites is 1. The first-order chi connectivity index (χ1) is 10.6. The number of carbonyl (C=O) groups excluding carboxylic acids is 1. The van der Waals surface area contributed by atoms with Crippen LogP contribution in [0.25, 0.3) is 0 Å². The number of carbonyl (C=O) groups is 1. The van der Waals surface area contributed by atoms with Gasteiger partial charge < -0.3 is 9.84 Å². The molecule has 1 N–H and O–H groups in total. The number of nitrogens with zero attached hydrogens (tertiary/aromatic N) is 1. The average molecular weight is 298 g/mol. The first kappa shape index (κ1) is 14.8. The Morgan fingerprint density at radius 1 is 1.36 bits per heavy atom. The van der Waals surface area contributed by atoms with Gasteiger partial charge in [0.15, 0.2) is 0 Å². The fourth-order valence-corrected chi connectivity index (χ4v) is 2.98. The van der Waals surface area contributed by atoms with Crippen LogP contribution in [0, 0.1) is 6.92 Å². The molecule has 1 saturated carbocycles. The number of rotatable bonds is 5. The first-order valence-electron chi connectivity index (χ1n) is 7.96. The monoisotopic (exact) mass is 298 g/mol. The molecule has 1 aromatic carbocycles. The molecule has 0 saturated heterocycles. The Labute approximate surface area is 130 Å². The Morgan fingerprint density at radius 2 is 2.09 bits per heavy atom. The Morgan fingerprint density at radius 3 is 2.73 bits per heavy atom. The molecule has 1 aromatic heterocycles. The second-order valence-corrected chi connectivity index (χ2v) is 6.20. The third kappa shape index (κ3) is 3.06. The molecule has 2 aromatic rings. The second-order valence-electron chi connectivity index (χ2n) is 6.20. The van der Waals surface area contributed by atoms with Crippen LogP contribution < -0.4 is 5.32 Å². The number of aromatic nitrogens is 1. The number of nitrogens with one attached hydrogen (secondary N) is 1. The molecule has 0 spiro atoms. The molecular weight excluding hydrogens is 276 g/mol. The molecule has 116 valence electrons.